The molecule has 0 bridgehead atoms. The van der Waals surface area contributed by atoms with Crippen LogP contribution < -0.4 is 0 Å². The zero-order chi connectivity index (χ0) is 19.7. The summed E-state index contributed by atoms with van der Waals surface area (Å²) < 4.78 is 6.33. The minimum absolute atomic E-state index is 0.109. The van der Waals surface area contributed by atoms with Crippen LogP contribution in [0, 0.1) is 34.5 Å². The Morgan fingerprint density at radius 2 is 1.79 bits per heavy atom. The number of aliphatic hydroxyl groups excluding tert-OH is 1. The Bertz CT molecular complexity index is 699. The van der Waals surface area contributed by atoms with Crippen LogP contribution in [0.2, 0.25) is 0 Å². The van der Waals surface area contributed by atoms with Crippen molar-refractivity contribution in [1.82, 2.24) is 0 Å². The molecule has 2 saturated carbocycles. The third kappa shape index (κ3) is 2.66. The van der Waals surface area contributed by atoms with Gasteiger partial charge in [-0.15, -0.1) is 0 Å². The van der Waals surface area contributed by atoms with Crippen molar-refractivity contribution < 1.29 is 9.84 Å². The van der Waals surface area contributed by atoms with Gasteiger partial charge in [-0.05, 0) is 105 Å². The van der Waals surface area contributed by atoms with Gasteiger partial charge in [-0.3, -0.25) is 0 Å². The van der Waals surface area contributed by atoms with Gasteiger partial charge < -0.3 is 9.84 Å². The molecule has 1 saturated heterocycles. The molecule has 2 heteroatoms. The SMILES string of the molecule is CC1=C(C2CCCCO2)[C@@]2(C)CC[C@@H]3[C@@H](C(C)C=C4CC(O)CC[C@@]43C)[C@@H]2C1. The zero-order valence-electron chi connectivity index (χ0n) is 18.5. The fourth-order valence-corrected chi connectivity index (χ4v) is 8.58. The first-order chi connectivity index (χ1) is 13.3. The molecular formula is C26H40O2. The molecule has 3 unspecified atom stereocenters. The van der Waals surface area contributed by atoms with Gasteiger partial charge in [-0.2, -0.15) is 0 Å². The topological polar surface area (TPSA) is 29.5 Å². The van der Waals surface area contributed by atoms with E-state index in [2.05, 4.69) is 33.8 Å². The van der Waals surface area contributed by atoms with Crippen molar-refractivity contribution >= 4 is 0 Å². The molecule has 0 aromatic rings. The number of allylic oxidation sites excluding steroid dienone is 2. The lowest BCUT2D eigenvalue weighted by Crippen LogP contribution is -2.53. The van der Waals surface area contributed by atoms with Crippen LogP contribution in [-0.2, 0) is 4.74 Å². The first kappa shape index (κ1) is 19.4. The Kier molecular flexibility index (Phi) is 4.64. The van der Waals surface area contributed by atoms with Crippen molar-refractivity contribution in [2.75, 3.05) is 6.61 Å². The molecule has 2 nitrogen and oxygen atoms in total. The molecule has 28 heavy (non-hydrogen) atoms. The number of rotatable bonds is 1. The standard InChI is InChI=1S/C26H40O2/c1-16-13-18-15-19(27)8-10-25(18,3)20-9-11-26(4)21(23(16)20)14-17(2)24(26)22-7-5-6-12-28-22/h13,16,19-23,27H,5-12,14-15H2,1-4H3/t16?,19?,20-,21+,22?,23-,25+,26+/m1/s1. The van der Waals surface area contributed by atoms with E-state index in [4.69, 9.17) is 4.74 Å². The molecule has 5 aliphatic rings. The van der Waals surface area contributed by atoms with Gasteiger partial charge in [0.25, 0.3) is 0 Å². The van der Waals surface area contributed by atoms with Crippen LogP contribution in [-0.4, -0.2) is 23.9 Å². The summed E-state index contributed by atoms with van der Waals surface area (Å²) in [5.74, 6) is 3.01. The Balaban J connectivity index is 1.49. The van der Waals surface area contributed by atoms with E-state index >= 15 is 0 Å². The third-order valence-electron chi connectivity index (χ3n) is 9.90. The maximum Gasteiger partial charge on any atom is 0.0792 e. The Morgan fingerprint density at radius 3 is 2.54 bits per heavy atom. The number of ether oxygens (including phenoxy) is 1. The van der Waals surface area contributed by atoms with Gasteiger partial charge in [0.1, 0.15) is 0 Å². The van der Waals surface area contributed by atoms with Crippen molar-refractivity contribution in [3.63, 3.8) is 0 Å². The summed E-state index contributed by atoms with van der Waals surface area (Å²) >= 11 is 0. The van der Waals surface area contributed by atoms with Crippen LogP contribution in [0.15, 0.2) is 22.8 Å². The molecule has 0 radical (unpaired) electrons. The molecule has 156 valence electrons. The first-order valence-electron chi connectivity index (χ1n) is 12.1. The van der Waals surface area contributed by atoms with Crippen molar-refractivity contribution in [2.24, 2.45) is 34.5 Å². The molecule has 1 aliphatic heterocycles. The average Bonchev–Trinajstić information content (AvgIpc) is 2.94. The van der Waals surface area contributed by atoms with Crippen LogP contribution >= 0.6 is 0 Å². The lowest BCUT2D eigenvalue weighted by molar-refractivity contribution is -0.0585. The Morgan fingerprint density at radius 1 is 1.00 bits per heavy atom. The van der Waals surface area contributed by atoms with Gasteiger partial charge in [0.05, 0.1) is 12.2 Å². The smallest absolute Gasteiger partial charge is 0.0792 e. The fourth-order valence-electron chi connectivity index (χ4n) is 8.58. The van der Waals surface area contributed by atoms with Gasteiger partial charge >= 0.3 is 0 Å². The van der Waals surface area contributed by atoms with Crippen LogP contribution in [0.1, 0.15) is 85.5 Å². The Hall–Kier alpha value is -0.600. The van der Waals surface area contributed by atoms with E-state index in [1.807, 2.05) is 0 Å². The van der Waals surface area contributed by atoms with Crippen molar-refractivity contribution in [3.8, 4) is 0 Å². The summed E-state index contributed by atoms with van der Waals surface area (Å²) in [6, 6.07) is 0. The molecule has 5 rings (SSSR count). The lowest BCUT2D eigenvalue weighted by Gasteiger charge is -2.59. The highest BCUT2D eigenvalue weighted by molar-refractivity contribution is 5.36. The molecule has 0 spiro atoms. The highest BCUT2D eigenvalue weighted by atomic mass is 16.5. The predicted octanol–water partition coefficient (Wildman–Crippen LogP) is 6.05. The largest absolute Gasteiger partial charge is 0.393 e. The monoisotopic (exact) mass is 384 g/mol. The summed E-state index contributed by atoms with van der Waals surface area (Å²) in [4.78, 5) is 0. The predicted molar refractivity (Wildman–Crippen MR) is 114 cm³/mol. The Labute approximate surface area is 171 Å². The second-order valence-corrected chi connectivity index (χ2v) is 11.4. The molecule has 0 amide bonds. The summed E-state index contributed by atoms with van der Waals surface area (Å²) in [7, 11) is 0. The highest BCUT2D eigenvalue weighted by Crippen LogP contribution is 2.67. The molecule has 1 heterocycles. The van der Waals surface area contributed by atoms with E-state index in [1.54, 1.807) is 16.7 Å². The minimum Gasteiger partial charge on any atom is -0.393 e. The van der Waals surface area contributed by atoms with E-state index in [0.29, 0.717) is 22.9 Å². The normalized spacial score (nSPS) is 51.2. The van der Waals surface area contributed by atoms with Crippen LogP contribution in [0.25, 0.3) is 0 Å². The van der Waals surface area contributed by atoms with Gasteiger partial charge in [-0.25, -0.2) is 0 Å². The average molecular weight is 385 g/mol. The van der Waals surface area contributed by atoms with Crippen LogP contribution in [0.3, 0.4) is 0 Å². The van der Waals surface area contributed by atoms with Gasteiger partial charge in [0.15, 0.2) is 0 Å². The number of aliphatic hydroxyl groups is 1. The van der Waals surface area contributed by atoms with Crippen LogP contribution in [0.5, 0.6) is 0 Å². The molecule has 1 N–H and O–H groups in total. The first-order valence-corrected chi connectivity index (χ1v) is 12.1. The highest BCUT2D eigenvalue weighted by Gasteiger charge is 2.59. The lowest BCUT2D eigenvalue weighted by atomic mass is 9.45. The van der Waals surface area contributed by atoms with E-state index in [1.165, 1.54) is 44.9 Å². The van der Waals surface area contributed by atoms with E-state index in [0.717, 1.165) is 37.2 Å². The van der Waals surface area contributed by atoms with Crippen molar-refractivity contribution in [2.45, 2.75) is 97.7 Å². The summed E-state index contributed by atoms with van der Waals surface area (Å²) in [6.07, 6.45) is 13.8. The minimum atomic E-state index is -0.109. The summed E-state index contributed by atoms with van der Waals surface area (Å²) in [5.41, 5.74) is 5.63. The van der Waals surface area contributed by atoms with Gasteiger partial charge in [-0.1, -0.05) is 38.0 Å². The van der Waals surface area contributed by atoms with Gasteiger partial charge in [0, 0.05) is 6.61 Å². The molecule has 3 fully saturated rings. The molecule has 8 atom stereocenters. The van der Waals surface area contributed by atoms with E-state index in [-0.39, 0.29) is 6.10 Å². The maximum atomic E-state index is 10.3. The molecule has 0 aromatic heterocycles. The number of fused-ring (bicyclic) bond motifs is 5. The molecule has 0 aromatic carbocycles. The van der Waals surface area contributed by atoms with E-state index in [9.17, 15) is 5.11 Å². The second-order valence-electron chi connectivity index (χ2n) is 11.4. The maximum absolute atomic E-state index is 10.3. The second kappa shape index (κ2) is 6.71. The zero-order valence-corrected chi connectivity index (χ0v) is 18.5. The van der Waals surface area contributed by atoms with Gasteiger partial charge in [0.2, 0.25) is 0 Å². The summed E-state index contributed by atoms with van der Waals surface area (Å²) in [6.45, 7) is 11.0. The molecule has 4 aliphatic carbocycles. The summed E-state index contributed by atoms with van der Waals surface area (Å²) in [5, 5.41) is 10.3. The van der Waals surface area contributed by atoms with Crippen LogP contribution in [0.4, 0.5) is 0 Å². The number of hydrogen-bond donors (Lipinski definition) is 1. The van der Waals surface area contributed by atoms with Crippen molar-refractivity contribution in [1.29, 1.82) is 0 Å². The number of hydrogen-bond acceptors (Lipinski definition) is 2. The quantitative estimate of drug-likeness (QED) is 0.558. The van der Waals surface area contributed by atoms with Crippen molar-refractivity contribution in [3.05, 3.63) is 22.8 Å². The van der Waals surface area contributed by atoms with E-state index < -0.39 is 0 Å². The molecular weight excluding hydrogens is 344 g/mol. The fraction of sp³-hybridized carbons (Fsp3) is 0.846. The third-order valence-corrected chi connectivity index (χ3v) is 9.90.